The number of sulfonamides is 1. The Morgan fingerprint density at radius 2 is 2.10 bits per heavy atom. The van der Waals surface area contributed by atoms with E-state index in [2.05, 4.69) is 9.71 Å². The first-order valence-electron chi connectivity index (χ1n) is 6.75. The van der Waals surface area contributed by atoms with Gasteiger partial charge >= 0.3 is 0 Å². The van der Waals surface area contributed by atoms with Gasteiger partial charge in [0, 0.05) is 43.6 Å². The monoisotopic (exact) mass is 299 g/mol. The van der Waals surface area contributed by atoms with E-state index in [4.69, 9.17) is 10.5 Å². The molecule has 3 N–H and O–H groups in total. The van der Waals surface area contributed by atoms with E-state index in [0.717, 1.165) is 5.69 Å². The summed E-state index contributed by atoms with van der Waals surface area (Å²) in [6.07, 6.45) is 3.29. The second-order valence-electron chi connectivity index (χ2n) is 5.09. The van der Waals surface area contributed by atoms with Crippen molar-refractivity contribution in [3.63, 3.8) is 0 Å². The molecule has 0 amide bonds. The molecule has 1 aliphatic heterocycles. The van der Waals surface area contributed by atoms with Crippen LogP contribution in [-0.4, -0.2) is 44.5 Å². The van der Waals surface area contributed by atoms with E-state index < -0.39 is 15.6 Å². The maximum Gasteiger partial charge on any atom is 0.212 e. The van der Waals surface area contributed by atoms with Crippen LogP contribution in [0.25, 0.3) is 0 Å². The van der Waals surface area contributed by atoms with Gasteiger partial charge in [-0.05, 0) is 25.0 Å². The molecule has 0 saturated carbocycles. The molecule has 0 unspecified atom stereocenters. The number of hydrogen-bond acceptors (Lipinski definition) is 5. The van der Waals surface area contributed by atoms with E-state index in [-0.39, 0.29) is 5.75 Å². The number of nitrogens with one attached hydrogen (secondary N) is 1. The summed E-state index contributed by atoms with van der Waals surface area (Å²) in [7, 11) is -3.38. The topological polar surface area (TPSA) is 94.3 Å². The van der Waals surface area contributed by atoms with E-state index in [0.29, 0.717) is 39.0 Å². The molecule has 6 nitrogen and oxygen atoms in total. The molecule has 1 aromatic heterocycles. The lowest BCUT2D eigenvalue weighted by atomic mass is 9.92. The maximum atomic E-state index is 12.2. The Balaban J connectivity index is 1.96. The van der Waals surface area contributed by atoms with Crippen molar-refractivity contribution in [3.05, 3.63) is 30.1 Å². The Morgan fingerprint density at radius 1 is 1.35 bits per heavy atom. The zero-order valence-electron chi connectivity index (χ0n) is 11.4. The zero-order chi connectivity index (χ0) is 14.5. The van der Waals surface area contributed by atoms with Gasteiger partial charge < -0.3 is 10.5 Å². The lowest BCUT2D eigenvalue weighted by Gasteiger charge is -2.36. The van der Waals surface area contributed by atoms with E-state index in [1.54, 1.807) is 6.20 Å². The third-order valence-electron chi connectivity index (χ3n) is 3.57. The van der Waals surface area contributed by atoms with Crippen molar-refractivity contribution in [2.24, 2.45) is 5.73 Å². The van der Waals surface area contributed by atoms with Gasteiger partial charge in [0.1, 0.15) is 0 Å². The summed E-state index contributed by atoms with van der Waals surface area (Å²) in [5.74, 6) is 0.0205. The maximum absolute atomic E-state index is 12.2. The molecule has 0 atom stereocenters. The standard InChI is InChI=1S/C13H21N3O3S/c14-11-13(5-8-19-9-6-13)16-20(17,18)10-4-12-3-1-2-7-15-12/h1-3,7,16H,4-6,8-11,14H2. The van der Waals surface area contributed by atoms with Gasteiger partial charge in [0.25, 0.3) is 0 Å². The summed E-state index contributed by atoms with van der Waals surface area (Å²) in [4.78, 5) is 4.13. The van der Waals surface area contributed by atoms with Gasteiger partial charge in [-0.1, -0.05) is 6.07 Å². The minimum absolute atomic E-state index is 0.0205. The molecular formula is C13H21N3O3S. The van der Waals surface area contributed by atoms with Crippen molar-refractivity contribution in [3.8, 4) is 0 Å². The van der Waals surface area contributed by atoms with Crippen molar-refractivity contribution in [1.82, 2.24) is 9.71 Å². The molecule has 20 heavy (non-hydrogen) atoms. The lowest BCUT2D eigenvalue weighted by Crippen LogP contribution is -2.57. The molecule has 2 rings (SSSR count). The summed E-state index contributed by atoms with van der Waals surface area (Å²) >= 11 is 0. The van der Waals surface area contributed by atoms with Crippen molar-refractivity contribution in [1.29, 1.82) is 0 Å². The molecule has 1 aromatic rings. The number of rotatable bonds is 6. The Labute approximate surface area is 119 Å². The minimum atomic E-state index is -3.38. The second-order valence-corrected chi connectivity index (χ2v) is 6.93. The number of hydrogen-bond donors (Lipinski definition) is 2. The van der Waals surface area contributed by atoms with Crippen molar-refractivity contribution >= 4 is 10.0 Å². The number of nitrogens with two attached hydrogens (primary N) is 1. The fourth-order valence-electron chi connectivity index (χ4n) is 2.28. The van der Waals surface area contributed by atoms with E-state index in [1.165, 1.54) is 0 Å². The summed E-state index contributed by atoms with van der Waals surface area (Å²) in [6.45, 7) is 1.37. The van der Waals surface area contributed by atoms with Crippen LogP contribution in [0.4, 0.5) is 0 Å². The van der Waals surface area contributed by atoms with Crippen molar-refractivity contribution in [2.75, 3.05) is 25.5 Å². The second kappa shape index (κ2) is 6.62. The quantitative estimate of drug-likeness (QED) is 0.774. The van der Waals surface area contributed by atoms with E-state index in [1.807, 2.05) is 18.2 Å². The van der Waals surface area contributed by atoms with Crippen LogP contribution >= 0.6 is 0 Å². The highest BCUT2D eigenvalue weighted by Crippen LogP contribution is 2.20. The predicted octanol–water partition coefficient (Wildman–Crippen LogP) is 0.0514. The molecule has 2 heterocycles. The third-order valence-corrected chi connectivity index (χ3v) is 5.05. The smallest absolute Gasteiger partial charge is 0.212 e. The normalized spacial score (nSPS) is 18.9. The van der Waals surface area contributed by atoms with Crippen LogP contribution in [0.1, 0.15) is 18.5 Å². The largest absolute Gasteiger partial charge is 0.381 e. The highest BCUT2D eigenvalue weighted by Gasteiger charge is 2.35. The Bertz CT molecular complexity index is 513. The van der Waals surface area contributed by atoms with E-state index in [9.17, 15) is 8.42 Å². The van der Waals surface area contributed by atoms with Crippen LogP contribution in [-0.2, 0) is 21.2 Å². The van der Waals surface area contributed by atoms with Crippen LogP contribution in [0.15, 0.2) is 24.4 Å². The molecule has 0 aromatic carbocycles. The molecule has 112 valence electrons. The average Bonchev–Trinajstić information content (AvgIpc) is 2.47. The van der Waals surface area contributed by atoms with Crippen LogP contribution < -0.4 is 10.5 Å². The molecule has 0 aliphatic carbocycles. The first kappa shape index (κ1) is 15.4. The Morgan fingerprint density at radius 3 is 2.70 bits per heavy atom. The summed E-state index contributed by atoms with van der Waals surface area (Å²) < 4.78 is 32.4. The Kier molecular flexibility index (Phi) is 5.09. The van der Waals surface area contributed by atoms with Crippen molar-refractivity contribution in [2.45, 2.75) is 24.8 Å². The lowest BCUT2D eigenvalue weighted by molar-refractivity contribution is 0.0502. The first-order chi connectivity index (χ1) is 9.55. The fraction of sp³-hybridized carbons (Fsp3) is 0.615. The van der Waals surface area contributed by atoms with Gasteiger partial charge in [-0.25, -0.2) is 13.1 Å². The third kappa shape index (κ3) is 4.24. The number of pyridine rings is 1. The molecule has 1 aliphatic rings. The van der Waals surface area contributed by atoms with Gasteiger partial charge in [0.05, 0.1) is 5.75 Å². The van der Waals surface area contributed by atoms with E-state index >= 15 is 0 Å². The van der Waals surface area contributed by atoms with Crippen LogP contribution in [0.5, 0.6) is 0 Å². The highest BCUT2D eigenvalue weighted by molar-refractivity contribution is 7.89. The molecular weight excluding hydrogens is 278 g/mol. The van der Waals surface area contributed by atoms with Gasteiger partial charge in [-0.2, -0.15) is 0 Å². The predicted molar refractivity (Wildman–Crippen MR) is 76.7 cm³/mol. The number of nitrogens with zero attached hydrogens (tertiary/aromatic N) is 1. The molecule has 1 fully saturated rings. The minimum Gasteiger partial charge on any atom is -0.381 e. The molecule has 0 spiro atoms. The first-order valence-corrected chi connectivity index (χ1v) is 8.40. The number of aryl methyl sites for hydroxylation is 1. The van der Waals surface area contributed by atoms with Gasteiger partial charge in [0.2, 0.25) is 10.0 Å². The summed E-state index contributed by atoms with van der Waals surface area (Å²) in [6, 6.07) is 5.48. The SMILES string of the molecule is NCC1(NS(=O)(=O)CCc2ccccn2)CCOCC1. The fourth-order valence-corrected chi connectivity index (χ4v) is 3.80. The average molecular weight is 299 g/mol. The molecule has 1 saturated heterocycles. The summed E-state index contributed by atoms with van der Waals surface area (Å²) in [5, 5.41) is 0. The number of ether oxygens (including phenoxy) is 1. The highest BCUT2D eigenvalue weighted by atomic mass is 32.2. The number of aromatic nitrogens is 1. The molecule has 0 bridgehead atoms. The van der Waals surface area contributed by atoms with Crippen LogP contribution in [0.3, 0.4) is 0 Å². The van der Waals surface area contributed by atoms with Crippen LogP contribution in [0.2, 0.25) is 0 Å². The van der Waals surface area contributed by atoms with Gasteiger partial charge in [-0.15, -0.1) is 0 Å². The van der Waals surface area contributed by atoms with Gasteiger partial charge in [-0.3, -0.25) is 4.98 Å². The van der Waals surface area contributed by atoms with Gasteiger partial charge in [0.15, 0.2) is 0 Å². The Hall–Kier alpha value is -1.02. The molecule has 0 radical (unpaired) electrons. The summed E-state index contributed by atoms with van der Waals surface area (Å²) in [5.41, 5.74) is 5.97. The van der Waals surface area contributed by atoms with Crippen LogP contribution in [0, 0.1) is 0 Å². The zero-order valence-corrected chi connectivity index (χ0v) is 12.2. The van der Waals surface area contributed by atoms with Crippen molar-refractivity contribution < 1.29 is 13.2 Å². The molecule has 7 heteroatoms.